The van der Waals surface area contributed by atoms with Crippen molar-refractivity contribution >= 4 is 33.3 Å². The molecule has 3 rings (SSSR count). The summed E-state index contributed by atoms with van der Waals surface area (Å²) in [4.78, 5) is 21.4. The summed E-state index contributed by atoms with van der Waals surface area (Å²) in [5, 5.41) is 10.3. The average Bonchev–Trinajstić information content (AvgIpc) is 3.08. The van der Waals surface area contributed by atoms with Gasteiger partial charge in [0.15, 0.2) is 0 Å². The lowest BCUT2D eigenvalue weighted by molar-refractivity contribution is 0.0956. The molecule has 0 atom stereocenters. The Labute approximate surface area is 117 Å². The van der Waals surface area contributed by atoms with E-state index in [0.29, 0.717) is 34.0 Å². The first-order valence-electron chi connectivity index (χ1n) is 5.87. The molecule has 3 heterocycles. The van der Waals surface area contributed by atoms with Gasteiger partial charge in [-0.15, -0.1) is 16.4 Å². The van der Waals surface area contributed by atoms with Gasteiger partial charge in [0.25, 0.3) is 5.91 Å². The van der Waals surface area contributed by atoms with Gasteiger partial charge in [-0.3, -0.25) is 9.48 Å². The van der Waals surface area contributed by atoms with Crippen LogP contribution in [0.5, 0.6) is 0 Å². The Morgan fingerprint density at radius 3 is 2.95 bits per heavy atom. The third-order valence-electron chi connectivity index (χ3n) is 2.67. The van der Waals surface area contributed by atoms with Crippen molar-refractivity contribution in [2.24, 2.45) is 0 Å². The number of thiophene rings is 1. The normalized spacial score (nSPS) is 10.8. The van der Waals surface area contributed by atoms with Gasteiger partial charge in [-0.2, -0.15) is 0 Å². The molecule has 20 heavy (non-hydrogen) atoms. The van der Waals surface area contributed by atoms with Gasteiger partial charge in [-0.25, -0.2) is 9.97 Å². The number of hydrogen-bond acceptors (Lipinski definition) is 7. The maximum atomic E-state index is 12.1. The van der Waals surface area contributed by atoms with Crippen LogP contribution in [0.1, 0.15) is 9.67 Å². The molecule has 3 aromatic heterocycles. The summed E-state index contributed by atoms with van der Waals surface area (Å²) in [5.74, 6) is -0.229. The van der Waals surface area contributed by atoms with Crippen molar-refractivity contribution in [3.05, 3.63) is 29.7 Å². The minimum Gasteiger partial charge on any atom is -0.396 e. The van der Waals surface area contributed by atoms with Crippen LogP contribution >= 0.6 is 11.3 Å². The number of nitrogens with zero attached hydrogens (tertiary/aromatic N) is 5. The SMILES string of the molecule is Nc1c(C(=O)NCCn2ccnn2)sc2nccnc12. The van der Waals surface area contributed by atoms with E-state index in [9.17, 15) is 4.79 Å². The maximum absolute atomic E-state index is 12.1. The summed E-state index contributed by atoms with van der Waals surface area (Å²) < 4.78 is 1.64. The molecular weight excluding hydrogens is 278 g/mol. The van der Waals surface area contributed by atoms with Crippen LogP contribution in [0.25, 0.3) is 10.3 Å². The van der Waals surface area contributed by atoms with E-state index in [2.05, 4.69) is 25.6 Å². The van der Waals surface area contributed by atoms with Gasteiger partial charge in [0.05, 0.1) is 18.4 Å². The van der Waals surface area contributed by atoms with Crippen LogP contribution in [0, 0.1) is 0 Å². The molecule has 0 bridgehead atoms. The highest BCUT2D eigenvalue weighted by molar-refractivity contribution is 7.21. The zero-order valence-electron chi connectivity index (χ0n) is 10.4. The Kier molecular flexibility index (Phi) is 3.25. The topological polar surface area (TPSA) is 112 Å². The first kappa shape index (κ1) is 12.5. The van der Waals surface area contributed by atoms with Gasteiger partial charge in [0.2, 0.25) is 0 Å². The summed E-state index contributed by atoms with van der Waals surface area (Å²) in [6.45, 7) is 0.990. The molecule has 0 aliphatic rings. The number of aromatic nitrogens is 5. The Bertz CT molecular complexity index is 736. The number of carbonyl (C=O) groups is 1. The first-order chi connectivity index (χ1) is 9.75. The number of amides is 1. The number of nitrogens with one attached hydrogen (secondary N) is 1. The van der Waals surface area contributed by atoms with Crippen molar-refractivity contribution in [2.75, 3.05) is 12.3 Å². The maximum Gasteiger partial charge on any atom is 0.263 e. The van der Waals surface area contributed by atoms with E-state index >= 15 is 0 Å². The van der Waals surface area contributed by atoms with Crippen molar-refractivity contribution in [2.45, 2.75) is 6.54 Å². The summed E-state index contributed by atoms with van der Waals surface area (Å²) in [5.41, 5.74) is 6.87. The lowest BCUT2D eigenvalue weighted by Gasteiger charge is -2.03. The molecule has 3 N–H and O–H groups in total. The van der Waals surface area contributed by atoms with Gasteiger partial charge in [-0.05, 0) is 0 Å². The summed E-state index contributed by atoms with van der Waals surface area (Å²) in [6, 6.07) is 0. The molecule has 0 aliphatic carbocycles. The quantitative estimate of drug-likeness (QED) is 0.714. The van der Waals surface area contributed by atoms with Crippen molar-refractivity contribution in [1.29, 1.82) is 0 Å². The van der Waals surface area contributed by atoms with Crippen LogP contribution in [0.15, 0.2) is 24.8 Å². The molecular formula is C11H11N7OS. The largest absolute Gasteiger partial charge is 0.396 e. The molecule has 0 unspecified atom stereocenters. The molecule has 9 heteroatoms. The van der Waals surface area contributed by atoms with Crippen LogP contribution < -0.4 is 11.1 Å². The van der Waals surface area contributed by atoms with Crippen molar-refractivity contribution in [3.63, 3.8) is 0 Å². The van der Waals surface area contributed by atoms with Gasteiger partial charge in [0, 0.05) is 25.1 Å². The van der Waals surface area contributed by atoms with Crippen LogP contribution in [0.3, 0.4) is 0 Å². The Morgan fingerprint density at radius 2 is 2.20 bits per heavy atom. The predicted octanol–water partition coefficient (Wildman–Crippen LogP) is 0.295. The van der Waals surface area contributed by atoms with Crippen molar-refractivity contribution in [3.8, 4) is 0 Å². The van der Waals surface area contributed by atoms with Gasteiger partial charge in [0.1, 0.15) is 15.2 Å². The Morgan fingerprint density at radius 1 is 1.35 bits per heavy atom. The molecule has 0 saturated heterocycles. The number of anilines is 1. The van der Waals surface area contributed by atoms with E-state index in [0.717, 1.165) is 0 Å². The second kappa shape index (κ2) is 5.21. The summed E-state index contributed by atoms with van der Waals surface area (Å²) in [6.07, 6.45) is 6.44. The Hall–Kier alpha value is -2.55. The van der Waals surface area contributed by atoms with E-state index in [1.807, 2.05) is 0 Å². The third kappa shape index (κ3) is 2.30. The number of fused-ring (bicyclic) bond motifs is 1. The second-order valence-corrected chi connectivity index (χ2v) is 4.98. The van der Waals surface area contributed by atoms with Gasteiger partial charge in [-0.1, -0.05) is 5.21 Å². The van der Waals surface area contributed by atoms with Gasteiger partial charge >= 0.3 is 0 Å². The predicted molar refractivity (Wildman–Crippen MR) is 74.2 cm³/mol. The molecule has 0 radical (unpaired) electrons. The Balaban J connectivity index is 1.71. The van der Waals surface area contributed by atoms with E-state index in [-0.39, 0.29) is 5.91 Å². The smallest absolute Gasteiger partial charge is 0.263 e. The van der Waals surface area contributed by atoms with Crippen LogP contribution in [0.2, 0.25) is 0 Å². The average molecular weight is 289 g/mol. The zero-order valence-corrected chi connectivity index (χ0v) is 11.2. The minimum atomic E-state index is -0.229. The molecule has 1 amide bonds. The molecule has 3 aromatic rings. The fourth-order valence-corrected chi connectivity index (χ4v) is 2.67. The number of hydrogen-bond donors (Lipinski definition) is 2. The van der Waals surface area contributed by atoms with Crippen molar-refractivity contribution in [1.82, 2.24) is 30.3 Å². The third-order valence-corrected chi connectivity index (χ3v) is 3.77. The molecule has 102 valence electrons. The second-order valence-electron chi connectivity index (χ2n) is 3.98. The highest BCUT2D eigenvalue weighted by Crippen LogP contribution is 2.30. The highest BCUT2D eigenvalue weighted by Gasteiger charge is 2.17. The monoisotopic (exact) mass is 289 g/mol. The van der Waals surface area contributed by atoms with E-state index < -0.39 is 0 Å². The first-order valence-corrected chi connectivity index (χ1v) is 6.68. The highest BCUT2D eigenvalue weighted by atomic mass is 32.1. The molecule has 0 aromatic carbocycles. The summed E-state index contributed by atoms with van der Waals surface area (Å²) >= 11 is 1.23. The molecule has 8 nitrogen and oxygen atoms in total. The molecule has 0 aliphatic heterocycles. The fourth-order valence-electron chi connectivity index (χ4n) is 1.73. The fraction of sp³-hybridized carbons (Fsp3) is 0.182. The lowest BCUT2D eigenvalue weighted by atomic mass is 10.3. The number of carbonyl (C=O) groups excluding carboxylic acids is 1. The zero-order chi connectivity index (χ0) is 13.9. The lowest BCUT2D eigenvalue weighted by Crippen LogP contribution is -2.27. The van der Waals surface area contributed by atoms with E-state index in [1.165, 1.54) is 11.3 Å². The van der Waals surface area contributed by atoms with Crippen molar-refractivity contribution < 1.29 is 4.79 Å². The van der Waals surface area contributed by atoms with Crippen LogP contribution in [-0.2, 0) is 6.54 Å². The molecule has 0 saturated carbocycles. The number of nitrogen functional groups attached to an aromatic ring is 1. The van der Waals surface area contributed by atoms with Crippen LogP contribution in [0.4, 0.5) is 5.69 Å². The van der Waals surface area contributed by atoms with Gasteiger partial charge < -0.3 is 11.1 Å². The van der Waals surface area contributed by atoms with E-state index in [4.69, 9.17) is 5.73 Å². The summed E-state index contributed by atoms with van der Waals surface area (Å²) in [7, 11) is 0. The number of rotatable bonds is 4. The van der Waals surface area contributed by atoms with Crippen LogP contribution in [-0.4, -0.2) is 37.4 Å². The minimum absolute atomic E-state index is 0.229. The standard InChI is InChI=1S/C11H11N7OS/c12-7-8-11(15-2-1-13-8)20-9(7)10(19)14-3-5-18-6-4-16-17-18/h1-2,4,6H,3,5,12H2,(H,14,19). The molecule has 0 spiro atoms. The van der Waals surface area contributed by atoms with E-state index in [1.54, 1.807) is 29.5 Å². The molecule has 0 fully saturated rings. The number of nitrogens with two attached hydrogens (primary N) is 1.